The smallest absolute Gasteiger partial charge is 0.383 e. The number of hydrogen-bond acceptors (Lipinski definition) is 5. The first-order chi connectivity index (χ1) is 17.4. The molecule has 0 radical (unpaired) electrons. The van der Waals surface area contributed by atoms with Crippen LogP contribution >= 0.6 is 0 Å². The zero-order valence-electron chi connectivity index (χ0n) is 19.0. The van der Waals surface area contributed by atoms with Crippen LogP contribution in [0.15, 0.2) is 54.7 Å². The highest BCUT2D eigenvalue weighted by molar-refractivity contribution is 5.98. The van der Waals surface area contributed by atoms with Crippen molar-refractivity contribution in [3.05, 3.63) is 77.5 Å². The number of aromatic nitrogens is 2. The number of alkyl halides is 4. The van der Waals surface area contributed by atoms with Gasteiger partial charge in [0.25, 0.3) is 11.8 Å². The maximum atomic E-state index is 14.0. The molecule has 1 aromatic heterocycles. The molecule has 2 aromatic carbocycles. The topological polar surface area (TPSA) is 113 Å². The van der Waals surface area contributed by atoms with Crippen molar-refractivity contribution in [2.45, 2.75) is 11.8 Å². The van der Waals surface area contributed by atoms with Crippen LogP contribution in [0.4, 0.5) is 32.2 Å². The molecule has 0 fully saturated rings. The Morgan fingerprint density at radius 1 is 1.05 bits per heavy atom. The van der Waals surface area contributed by atoms with E-state index in [1.165, 1.54) is 24.3 Å². The number of halogens is 6. The van der Waals surface area contributed by atoms with E-state index in [2.05, 4.69) is 5.10 Å². The number of nitrogen functional groups attached to an aromatic ring is 1. The lowest BCUT2D eigenvalue weighted by atomic mass is 10.0. The fraction of sp³-hybridized carbons (Fsp3) is 0.261. The third-order valence-electron chi connectivity index (χ3n) is 5.39. The number of aliphatic hydroxyl groups is 1. The predicted molar refractivity (Wildman–Crippen MR) is 120 cm³/mol. The average Bonchev–Trinajstić information content (AvgIpc) is 3.23. The highest BCUT2D eigenvalue weighted by atomic mass is 19.4. The molecule has 1 unspecified atom stereocenters. The third-order valence-corrected chi connectivity index (χ3v) is 5.39. The van der Waals surface area contributed by atoms with Crippen LogP contribution < -0.4 is 11.1 Å². The standard InChI is InChI=1S/C23H21F6N5O3/c24-9-10-33(21(36)16-3-1-2-4-18(16)26)13-22(37,23(27,28)29)12-31-20(35)17-11-32-34(19(17)30)15-7-5-14(25)6-8-15/h1-8,11,37H,9-10,12-13,30H2,(H,31,35). The van der Waals surface area contributed by atoms with Gasteiger partial charge < -0.3 is 21.1 Å². The number of anilines is 1. The van der Waals surface area contributed by atoms with Crippen LogP contribution in [0.3, 0.4) is 0 Å². The van der Waals surface area contributed by atoms with Gasteiger partial charge in [-0.05, 0) is 36.4 Å². The first kappa shape index (κ1) is 27.5. The molecule has 0 aliphatic carbocycles. The summed E-state index contributed by atoms with van der Waals surface area (Å²) in [5, 5.41) is 16.2. The average molecular weight is 529 g/mol. The lowest BCUT2D eigenvalue weighted by molar-refractivity contribution is -0.260. The largest absolute Gasteiger partial charge is 0.420 e. The van der Waals surface area contributed by atoms with Crippen molar-refractivity contribution in [3.63, 3.8) is 0 Å². The summed E-state index contributed by atoms with van der Waals surface area (Å²) in [5.41, 5.74) is 1.43. The molecule has 4 N–H and O–H groups in total. The highest BCUT2D eigenvalue weighted by Crippen LogP contribution is 2.31. The van der Waals surface area contributed by atoms with Crippen LogP contribution in [-0.4, -0.2) is 69.7 Å². The lowest BCUT2D eigenvalue weighted by Gasteiger charge is -2.35. The molecule has 0 spiro atoms. The molecule has 0 aliphatic rings. The van der Waals surface area contributed by atoms with Crippen LogP contribution in [-0.2, 0) is 0 Å². The van der Waals surface area contributed by atoms with Gasteiger partial charge in [-0.25, -0.2) is 17.9 Å². The van der Waals surface area contributed by atoms with Crippen molar-refractivity contribution >= 4 is 17.6 Å². The summed E-state index contributed by atoms with van der Waals surface area (Å²) >= 11 is 0. The minimum atomic E-state index is -5.39. The molecule has 1 heterocycles. The number of carbonyl (C=O) groups is 2. The number of nitrogens with zero attached hydrogens (tertiary/aromatic N) is 3. The van der Waals surface area contributed by atoms with Crippen LogP contribution in [0.25, 0.3) is 5.69 Å². The number of nitrogens with one attached hydrogen (secondary N) is 1. The summed E-state index contributed by atoms with van der Waals surface area (Å²) in [6, 6.07) is 9.21. The number of nitrogens with two attached hydrogens (primary N) is 1. The summed E-state index contributed by atoms with van der Waals surface area (Å²) in [7, 11) is 0. The van der Waals surface area contributed by atoms with Crippen LogP contribution in [0.5, 0.6) is 0 Å². The van der Waals surface area contributed by atoms with E-state index in [1.54, 1.807) is 0 Å². The SMILES string of the molecule is Nc1c(C(=O)NCC(O)(CN(CCF)C(=O)c2ccccc2F)C(F)(F)F)cnn1-c1ccc(F)cc1. The van der Waals surface area contributed by atoms with E-state index in [0.29, 0.717) is 4.90 Å². The highest BCUT2D eigenvalue weighted by Gasteiger charge is 2.55. The number of hydrogen-bond donors (Lipinski definition) is 3. The molecule has 0 saturated heterocycles. The molecule has 8 nitrogen and oxygen atoms in total. The van der Waals surface area contributed by atoms with Crippen LogP contribution in [0.1, 0.15) is 20.7 Å². The molecular formula is C23H21F6N5O3. The minimum Gasteiger partial charge on any atom is -0.383 e. The second kappa shape index (κ2) is 10.9. The Labute approximate surface area is 206 Å². The van der Waals surface area contributed by atoms with Crippen LogP contribution in [0.2, 0.25) is 0 Å². The Balaban J connectivity index is 1.81. The van der Waals surface area contributed by atoms with Gasteiger partial charge in [0, 0.05) is 6.54 Å². The lowest BCUT2D eigenvalue weighted by Crippen LogP contribution is -2.60. The van der Waals surface area contributed by atoms with Gasteiger partial charge in [0.05, 0.1) is 30.5 Å². The number of carbonyl (C=O) groups excluding carboxylic acids is 2. The van der Waals surface area contributed by atoms with Gasteiger partial charge in [0.15, 0.2) is 5.60 Å². The quantitative estimate of drug-likeness (QED) is 0.369. The summed E-state index contributed by atoms with van der Waals surface area (Å²) in [6.45, 7) is -5.11. The molecule has 0 bridgehead atoms. The van der Waals surface area contributed by atoms with Crippen molar-refractivity contribution in [2.75, 3.05) is 32.0 Å². The number of benzene rings is 2. The van der Waals surface area contributed by atoms with Gasteiger partial charge in [0.1, 0.15) is 29.7 Å². The number of amides is 2. The van der Waals surface area contributed by atoms with E-state index in [-0.39, 0.29) is 17.1 Å². The molecule has 37 heavy (non-hydrogen) atoms. The summed E-state index contributed by atoms with van der Waals surface area (Å²) in [6.07, 6.45) is -4.44. The molecule has 0 saturated carbocycles. The Morgan fingerprint density at radius 2 is 1.70 bits per heavy atom. The fourth-order valence-electron chi connectivity index (χ4n) is 3.36. The van der Waals surface area contributed by atoms with E-state index < -0.39 is 67.1 Å². The van der Waals surface area contributed by atoms with Crippen molar-refractivity contribution in [3.8, 4) is 5.69 Å². The van der Waals surface area contributed by atoms with E-state index in [1.807, 2.05) is 5.32 Å². The van der Waals surface area contributed by atoms with E-state index in [4.69, 9.17) is 5.73 Å². The molecule has 3 aromatic rings. The van der Waals surface area contributed by atoms with Gasteiger partial charge in [0.2, 0.25) is 0 Å². The zero-order chi connectivity index (χ0) is 27.4. The first-order valence-corrected chi connectivity index (χ1v) is 10.6. The first-order valence-electron chi connectivity index (χ1n) is 10.6. The van der Waals surface area contributed by atoms with Crippen molar-refractivity contribution < 1.29 is 41.0 Å². The second-order valence-electron chi connectivity index (χ2n) is 7.94. The van der Waals surface area contributed by atoms with Gasteiger partial charge in [-0.2, -0.15) is 18.3 Å². The van der Waals surface area contributed by atoms with E-state index in [9.17, 15) is 41.0 Å². The van der Waals surface area contributed by atoms with Crippen LogP contribution in [0, 0.1) is 11.6 Å². The zero-order valence-corrected chi connectivity index (χ0v) is 19.0. The molecule has 3 rings (SSSR count). The predicted octanol–water partition coefficient (Wildman–Crippen LogP) is 2.87. The Kier molecular flexibility index (Phi) is 8.11. The van der Waals surface area contributed by atoms with Crippen molar-refractivity contribution in [1.29, 1.82) is 0 Å². The monoisotopic (exact) mass is 529 g/mol. The third kappa shape index (κ3) is 6.02. The van der Waals surface area contributed by atoms with Gasteiger partial charge >= 0.3 is 6.18 Å². The summed E-state index contributed by atoms with van der Waals surface area (Å²) in [4.78, 5) is 25.5. The minimum absolute atomic E-state index is 0.262. The second-order valence-corrected chi connectivity index (χ2v) is 7.94. The van der Waals surface area contributed by atoms with Crippen molar-refractivity contribution in [2.24, 2.45) is 0 Å². The van der Waals surface area contributed by atoms with Crippen molar-refractivity contribution in [1.82, 2.24) is 20.0 Å². The Bertz CT molecular complexity index is 1260. The fourth-order valence-corrected chi connectivity index (χ4v) is 3.36. The molecule has 2 amide bonds. The molecule has 1 atom stereocenters. The Morgan fingerprint density at radius 3 is 2.30 bits per heavy atom. The molecule has 0 aliphatic heterocycles. The molecule has 198 valence electrons. The summed E-state index contributed by atoms with van der Waals surface area (Å²) < 4.78 is 82.9. The normalized spacial score (nSPS) is 13.2. The van der Waals surface area contributed by atoms with Gasteiger partial charge in [-0.3, -0.25) is 9.59 Å². The molecular weight excluding hydrogens is 508 g/mol. The van der Waals surface area contributed by atoms with E-state index in [0.717, 1.165) is 35.1 Å². The molecule has 14 heteroatoms. The van der Waals surface area contributed by atoms with E-state index >= 15 is 0 Å². The maximum Gasteiger partial charge on any atom is 0.420 e. The van der Waals surface area contributed by atoms with Gasteiger partial charge in [-0.1, -0.05) is 12.1 Å². The maximum absolute atomic E-state index is 14.0. The Hall–Kier alpha value is -4.07. The summed E-state index contributed by atoms with van der Waals surface area (Å²) in [5.74, 6) is -4.31. The van der Waals surface area contributed by atoms with Gasteiger partial charge in [-0.15, -0.1) is 0 Å². The number of rotatable bonds is 9.